The van der Waals surface area contributed by atoms with E-state index in [1.807, 2.05) is 19.0 Å². The first kappa shape index (κ1) is 22.7. The monoisotopic (exact) mass is 427 g/mol. The summed E-state index contributed by atoms with van der Waals surface area (Å²) in [5.74, 6) is -2.03. The van der Waals surface area contributed by atoms with E-state index in [0.717, 1.165) is 37.4 Å². The number of nitrogens with one attached hydrogen (secondary N) is 2. The number of carbonyl (C=O) groups excluding carboxylic acids is 2. The fourth-order valence-electron chi connectivity index (χ4n) is 3.61. The minimum absolute atomic E-state index is 0.0455. The van der Waals surface area contributed by atoms with Gasteiger partial charge >= 0.3 is 11.8 Å². The summed E-state index contributed by atoms with van der Waals surface area (Å²) in [5.41, 5.74) is 2.43. The van der Waals surface area contributed by atoms with Crippen LogP contribution in [-0.2, 0) is 9.59 Å². The highest BCUT2D eigenvalue weighted by atomic mass is 19.1. The Hall–Kier alpha value is -2.97. The maximum Gasteiger partial charge on any atom is 0.313 e. The Morgan fingerprint density at radius 1 is 1.03 bits per heavy atom. The van der Waals surface area contributed by atoms with Crippen molar-refractivity contribution in [3.05, 3.63) is 59.9 Å². The highest BCUT2D eigenvalue weighted by Gasteiger charge is 2.25. The van der Waals surface area contributed by atoms with E-state index in [-0.39, 0.29) is 11.7 Å². The highest BCUT2D eigenvalue weighted by molar-refractivity contribution is 6.39. The molecular weight excluding hydrogens is 397 g/mol. The molecule has 0 spiro atoms. The third-order valence-corrected chi connectivity index (χ3v) is 5.52. The van der Waals surface area contributed by atoms with E-state index in [1.54, 1.807) is 0 Å². The minimum Gasteiger partial charge on any atom is -0.378 e. The molecule has 2 N–H and O–H groups in total. The smallest absolute Gasteiger partial charge is 0.313 e. The number of amides is 2. The molecule has 0 aliphatic carbocycles. The van der Waals surface area contributed by atoms with Crippen LogP contribution in [0.4, 0.5) is 15.8 Å². The first-order valence-electron chi connectivity index (χ1n) is 10.4. The molecule has 8 heteroatoms. The first-order chi connectivity index (χ1) is 14.8. The molecule has 0 unspecified atom stereocenters. The van der Waals surface area contributed by atoms with Gasteiger partial charge in [-0.15, -0.1) is 0 Å². The van der Waals surface area contributed by atoms with Crippen LogP contribution in [0.2, 0.25) is 0 Å². The van der Waals surface area contributed by atoms with Gasteiger partial charge in [-0.05, 0) is 42.9 Å². The van der Waals surface area contributed by atoms with Gasteiger partial charge in [0.25, 0.3) is 0 Å². The van der Waals surface area contributed by atoms with Crippen LogP contribution in [0.5, 0.6) is 0 Å². The topological polar surface area (TPSA) is 67.9 Å². The SMILES string of the molecule is CN1CCN([C@@H](CNC(=O)C(=O)Nc2cccc(F)c2)c2ccc(N(C)C)cc2)CC1. The largest absolute Gasteiger partial charge is 0.378 e. The van der Waals surface area contributed by atoms with Gasteiger partial charge in [0.1, 0.15) is 5.82 Å². The van der Waals surface area contributed by atoms with Crippen molar-refractivity contribution in [1.82, 2.24) is 15.1 Å². The molecule has 0 saturated carbocycles. The number of hydrogen-bond acceptors (Lipinski definition) is 5. The third kappa shape index (κ3) is 6.26. The van der Waals surface area contributed by atoms with E-state index in [9.17, 15) is 14.0 Å². The summed E-state index contributed by atoms with van der Waals surface area (Å²) in [7, 11) is 6.07. The third-order valence-electron chi connectivity index (χ3n) is 5.52. The Bertz CT molecular complexity index is 895. The molecule has 0 radical (unpaired) electrons. The summed E-state index contributed by atoms with van der Waals surface area (Å²) in [6.45, 7) is 3.95. The van der Waals surface area contributed by atoms with Crippen LogP contribution >= 0.6 is 0 Å². The second-order valence-electron chi connectivity index (χ2n) is 8.02. The second kappa shape index (κ2) is 10.4. The van der Waals surface area contributed by atoms with E-state index in [1.165, 1.54) is 24.3 Å². The van der Waals surface area contributed by atoms with Crippen molar-refractivity contribution in [2.24, 2.45) is 0 Å². The normalized spacial score (nSPS) is 15.9. The van der Waals surface area contributed by atoms with Gasteiger partial charge < -0.3 is 20.4 Å². The van der Waals surface area contributed by atoms with Crippen molar-refractivity contribution < 1.29 is 14.0 Å². The molecule has 1 aliphatic heterocycles. The Kier molecular flexibility index (Phi) is 7.59. The van der Waals surface area contributed by atoms with E-state index in [4.69, 9.17) is 0 Å². The molecule has 1 atom stereocenters. The molecule has 3 rings (SSSR count). The molecule has 1 aliphatic rings. The Morgan fingerprint density at radius 2 is 1.71 bits per heavy atom. The quantitative estimate of drug-likeness (QED) is 0.690. The molecule has 0 bridgehead atoms. The average Bonchev–Trinajstić information content (AvgIpc) is 2.75. The molecule has 0 aromatic heterocycles. The number of carbonyl (C=O) groups is 2. The fraction of sp³-hybridized carbons (Fsp3) is 0.391. The molecule has 1 fully saturated rings. The van der Waals surface area contributed by atoms with Gasteiger partial charge in [-0.3, -0.25) is 14.5 Å². The lowest BCUT2D eigenvalue weighted by atomic mass is 10.0. The molecule has 1 saturated heterocycles. The zero-order valence-electron chi connectivity index (χ0n) is 18.3. The van der Waals surface area contributed by atoms with Crippen LogP contribution in [0.15, 0.2) is 48.5 Å². The summed E-state index contributed by atoms with van der Waals surface area (Å²) < 4.78 is 13.3. The van der Waals surface area contributed by atoms with Crippen molar-refractivity contribution in [2.45, 2.75) is 6.04 Å². The van der Waals surface area contributed by atoms with Gasteiger partial charge in [-0.2, -0.15) is 0 Å². The van der Waals surface area contributed by atoms with Crippen LogP contribution in [0.1, 0.15) is 11.6 Å². The van der Waals surface area contributed by atoms with Crippen molar-refractivity contribution in [1.29, 1.82) is 0 Å². The Labute approximate surface area is 182 Å². The molecule has 1 heterocycles. The van der Waals surface area contributed by atoms with E-state index in [0.29, 0.717) is 6.54 Å². The number of rotatable bonds is 6. The molecule has 31 heavy (non-hydrogen) atoms. The van der Waals surface area contributed by atoms with Crippen LogP contribution < -0.4 is 15.5 Å². The lowest BCUT2D eigenvalue weighted by Gasteiger charge is -2.38. The average molecular weight is 428 g/mol. The van der Waals surface area contributed by atoms with Gasteiger partial charge in [0.2, 0.25) is 0 Å². The summed E-state index contributed by atoms with van der Waals surface area (Å²) in [6, 6.07) is 13.7. The lowest BCUT2D eigenvalue weighted by Crippen LogP contribution is -2.49. The van der Waals surface area contributed by atoms with Crippen LogP contribution in [0, 0.1) is 5.82 Å². The number of hydrogen-bond donors (Lipinski definition) is 2. The maximum absolute atomic E-state index is 13.3. The molecule has 2 aromatic rings. The number of halogens is 1. The van der Waals surface area contributed by atoms with Crippen molar-refractivity contribution in [3.63, 3.8) is 0 Å². The highest BCUT2D eigenvalue weighted by Crippen LogP contribution is 2.24. The van der Waals surface area contributed by atoms with E-state index in [2.05, 4.69) is 51.7 Å². The predicted octanol–water partition coefficient (Wildman–Crippen LogP) is 1.94. The van der Waals surface area contributed by atoms with Crippen molar-refractivity contribution >= 4 is 23.2 Å². The summed E-state index contributed by atoms with van der Waals surface area (Å²) in [6.07, 6.45) is 0. The fourth-order valence-corrected chi connectivity index (χ4v) is 3.61. The predicted molar refractivity (Wildman–Crippen MR) is 121 cm³/mol. The van der Waals surface area contributed by atoms with Gasteiger partial charge in [-0.25, -0.2) is 4.39 Å². The molecule has 2 aromatic carbocycles. The number of anilines is 2. The zero-order chi connectivity index (χ0) is 22.4. The second-order valence-corrected chi connectivity index (χ2v) is 8.02. The molecule has 2 amide bonds. The Morgan fingerprint density at radius 3 is 2.32 bits per heavy atom. The van der Waals surface area contributed by atoms with E-state index >= 15 is 0 Å². The van der Waals surface area contributed by atoms with Crippen molar-refractivity contribution in [3.8, 4) is 0 Å². The van der Waals surface area contributed by atoms with Gasteiger partial charge in [-0.1, -0.05) is 18.2 Å². The minimum atomic E-state index is -0.814. The van der Waals surface area contributed by atoms with Crippen LogP contribution in [0.3, 0.4) is 0 Å². The lowest BCUT2D eigenvalue weighted by molar-refractivity contribution is -0.136. The summed E-state index contributed by atoms with van der Waals surface area (Å²) in [5, 5.41) is 5.19. The number of piperazine rings is 1. The molecular formula is C23H30FN5O2. The number of nitrogens with zero attached hydrogens (tertiary/aromatic N) is 3. The standard InChI is InChI=1S/C23H30FN5O2/c1-27(2)20-9-7-17(8-10-20)21(29-13-11-28(3)12-14-29)16-25-22(30)23(31)26-19-6-4-5-18(24)15-19/h4-10,15,21H,11-14,16H2,1-3H3,(H,25,30)(H,26,31)/t21-/m0/s1. The summed E-state index contributed by atoms with van der Waals surface area (Å²) >= 11 is 0. The van der Waals surface area contributed by atoms with Gasteiger partial charge in [0, 0.05) is 58.2 Å². The van der Waals surface area contributed by atoms with Crippen molar-refractivity contribution in [2.75, 3.05) is 64.1 Å². The zero-order valence-corrected chi connectivity index (χ0v) is 18.3. The van der Waals surface area contributed by atoms with Gasteiger partial charge in [0.05, 0.1) is 6.04 Å². The van der Waals surface area contributed by atoms with Gasteiger partial charge in [0.15, 0.2) is 0 Å². The summed E-state index contributed by atoms with van der Waals surface area (Å²) in [4.78, 5) is 31.3. The van der Waals surface area contributed by atoms with Crippen LogP contribution in [0.25, 0.3) is 0 Å². The number of likely N-dealkylation sites (N-methyl/N-ethyl adjacent to an activating group) is 1. The molecule has 166 valence electrons. The maximum atomic E-state index is 13.3. The number of benzene rings is 2. The first-order valence-corrected chi connectivity index (χ1v) is 10.4. The van der Waals surface area contributed by atoms with Crippen LogP contribution in [-0.4, -0.2) is 75.5 Å². The Balaban J connectivity index is 1.67. The van der Waals surface area contributed by atoms with E-state index < -0.39 is 17.6 Å². The molecule has 7 nitrogen and oxygen atoms in total.